The number of nitrogens with zero attached hydrogens (tertiary/aromatic N) is 2. The van der Waals surface area contributed by atoms with E-state index < -0.39 is 0 Å². The Bertz CT molecular complexity index is 3020. The molecule has 9 aromatic rings. The fraction of sp³-hybridized carbons (Fsp3) is 0.0588. The summed E-state index contributed by atoms with van der Waals surface area (Å²) in [5.74, 6) is 3.60. The Morgan fingerprint density at radius 1 is 0.518 bits per heavy atom. The number of fused-ring (bicyclic) bond motifs is 12. The van der Waals surface area contributed by atoms with Gasteiger partial charge in [0.05, 0.1) is 16.4 Å². The van der Waals surface area contributed by atoms with Gasteiger partial charge in [0.1, 0.15) is 23.0 Å². The predicted octanol–water partition coefficient (Wildman–Crippen LogP) is 11.3. The van der Waals surface area contributed by atoms with E-state index in [1.807, 2.05) is 0 Å². The van der Waals surface area contributed by atoms with Crippen molar-refractivity contribution in [3.8, 4) is 39.8 Å². The van der Waals surface area contributed by atoms with Crippen molar-refractivity contribution >= 4 is 62.0 Å². The standard InChI is InChI=1S/C51H35BN2O2/c1-51(2)39-30-35(53(32-16-6-3-7-17-32)33-18-8-4-9-19-33)26-27-36(39)38-31-45-48-50(47(38)51)56-49-41(52(48)40-23-13-15-25-44(40)55-45)28-29-43-46(49)37-22-12-14-24-42(37)54(43)34-20-10-5-11-21-34/h3-31H,1-2H3. The van der Waals surface area contributed by atoms with Crippen LogP contribution in [-0.2, 0) is 5.41 Å². The third-order valence-electron chi connectivity index (χ3n) is 12.3. The van der Waals surface area contributed by atoms with Gasteiger partial charge in [0, 0.05) is 44.6 Å². The van der Waals surface area contributed by atoms with E-state index in [9.17, 15) is 0 Å². The summed E-state index contributed by atoms with van der Waals surface area (Å²) in [6.07, 6.45) is 0. The lowest BCUT2D eigenvalue weighted by Gasteiger charge is -2.36. The SMILES string of the molecule is CC1(C)c2cc(N(c3ccccc3)c3ccccc3)ccc2-c2cc3c4c(c21)Oc1c(ccc2c1c1ccccc1n2-c1ccccc1)B4c1ccccc1O3. The normalized spacial score (nSPS) is 13.9. The molecule has 3 heterocycles. The summed E-state index contributed by atoms with van der Waals surface area (Å²) in [6.45, 7) is 4.66. The van der Waals surface area contributed by atoms with E-state index in [0.717, 1.165) is 84.1 Å². The van der Waals surface area contributed by atoms with E-state index in [0.29, 0.717) is 0 Å². The molecule has 56 heavy (non-hydrogen) atoms. The number of para-hydroxylation sites is 5. The minimum atomic E-state index is -0.380. The van der Waals surface area contributed by atoms with Gasteiger partial charge in [0.25, 0.3) is 6.71 Å². The molecule has 12 rings (SSSR count). The van der Waals surface area contributed by atoms with Crippen LogP contribution in [0.2, 0.25) is 0 Å². The molecule has 2 aliphatic heterocycles. The lowest BCUT2D eigenvalue weighted by atomic mass is 9.34. The molecular formula is C51H35BN2O2. The molecule has 0 amide bonds. The number of anilines is 3. The minimum absolute atomic E-state index is 0.0519. The molecule has 4 nitrogen and oxygen atoms in total. The number of hydrogen-bond donors (Lipinski definition) is 0. The highest BCUT2D eigenvalue weighted by atomic mass is 16.5. The number of benzene rings is 8. The first-order chi connectivity index (χ1) is 27.6. The fourth-order valence-electron chi connectivity index (χ4n) is 9.85. The zero-order valence-electron chi connectivity index (χ0n) is 31.0. The van der Waals surface area contributed by atoms with Crippen molar-refractivity contribution < 1.29 is 9.47 Å². The zero-order chi connectivity index (χ0) is 37.1. The summed E-state index contributed by atoms with van der Waals surface area (Å²) in [7, 11) is 0. The van der Waals surface area contributed by atoms with Crippen molar-refractivity contribution in [2.75, 3.05) is 4.90 Å². The van der Waals surface area contributed by atoms with Crippen LogP contribution in [0.1, 0.15) is 25.0 Å². The second kappa shape index (κ2) is 11.5. The molecule has 0 saturated heterocycles. The lowest BCUT2D eigenvalue weighted by Crippen LogP contribution is -2.57. The molecule has 3 aliphatic rings. The maximum atomic E-state index is 7.53. The summed E-state index contributed by atoms with van der Waals surface area (Å²) in [4.78, 5) is 2.34. The second-order valence-corrected chi connectivity index (χ2v) is 15.6. The van der Waals surface area contributed by atoms with Crippen LogP contribution in [-0.4, -0.2) is 11.3 Å². The van der Waals surface area contributed by atoms with Crippen molar-refractivity contribution in [3.63, 3.8) is 0 Å². The van der Waals surface area contributed by atoms with Gasteiger partial charge in [0.2, 0.25) is 0 Å². The van der Waals surface area contributed by atoms with Gasteiger partial charge in [-0.3, -0.25) is 0 Å². The topological polar surface area (TPSA) is 26.6 Å². The first-order valence-electron chi connectivity index (χ1n) is 19.4. The molecule has 0 bridgehead atoms. The highest BCUT2D eigenvalue weighted by Crippen LogP contribution is 2.57. The van der Waals surface area contributed by atoms with Crippen molar-refractivity contribution in [2.45, 2.75) is 19.3 Å². The van der Waals surface area contributed by atoms with Crippen molar-refractivity contribution in [2.24, 2.45) is 0 Å². The molecule has 0 unspecified atom stereocenters. The average Bonchev–Trinajstić information content (AvgIpc) is 3.70. The van der Waals surface area contributed by atoms with E-state index in [1.165, 1.54) is 22.1 Å². The molecule has 0 radical (unpaired) electrons. The average molecular weight is 719 g/mol. The van der Waals surface area contributed by atoms with Gasteiger partial charge in [0.15, 0.2) is 0 Å². The first-order valence-corrected chi connectivity index (χ1v) is 19.4. The maximum absolute atomic E-state index is 7.53. The van der Waals surface area contributed by atoms with Gasteiger partial charge in [-0.15, -0.1) is 0 Å². The molecule has 1 aliphatic carbocycles. The van der Waals surface area contributed by atoms with Gasteiger partial charge < -0.3 is 18.9 Å². The van der Waals surface area contributed by atoms with Crippen molar-refractivity contribution in [1.29, 1.82) is 0 Å². The number of ether oxygens (including phenoxy) is 2. The van der Waals surface area contributed by atoms with Crippen LogP contribution in [0.15, 0.2) is 176 Å². The summed E-state index contributed by atoms with van der Waals surface area (Å²) in [5, 5.41) is 2.31. The van der Waals surface area contributed by atoms with Crippen molar-refractivity contribution in [3.05, 3.63) is 187 Å². The molecule has 264 valence electrons. The smallest absolute Gasteiger partial charge is 0.260 e. The van der Waals surface area contributed by atoms with Gasteiger partial charge in [-0.05, 0) is 100 Å². The summed E-state index contributed by atoms with van der Waals surface area (Å²) < 4.78 is 16.8. The highest BCUT2D eigenvalue weighted by molar-refractivity contribution is 6.98. The van der Waals surface area contributed by atoms with E-state index in [2.05, 4.69) is 199 Å². The van der Waals surface area contributed by atoms with Gasteiger partial charge in [-0.25, -0.2) is 0 Å². The summed E-state index contributed by atoms with van der Waals surface area (Å²) in [6, 6.07) is 62.9. The Morgan fingerprint density at radius 2 is 1.20 bits per heavy atom. The third kappa shape index (κ3) is 4.25. The van der Waals surface area contributed by atoms with E-state index in [-0.39, 0.29) is 12.1 Å². The maximum Gasteiger partial charge on any atom is 0.260 e. The quantitative estimate of drug-likeness (QED) is 0.170. The van der Waals surface area contributed by atoms with E-state index in [4.69, 9.17) is 9.47 Å². The van der Waals surface area contributed by atoms with Crippen LogP contribution in [0, 0.1) is 0 Å². The van der Waals surface area contributed by atoms with Gasteiger partial charge in [-0.2, -0.15) is 0 Å². The minimum Gasteiger partial charge on any atom is -0.458 e. The number of rotatable bonds is 4. The van der Waals surface area contributed by atoms with Gasteiger partial charge in [-0.1, -0.05) is 117 Å². The Hall–Kier alpha value is -6.98. The molecule has 5 heteroatoms. The molecule has 0 atom stereocenters. The summed E-state index contributed by atoms with van der Waals surface area (Å²) in [5.41, 5.74) is 14.7. The van der Waals surface area contributed by atoms with Crippen LogP contribution in [0.5, 0.6) is 23.0 Å². The van der Waals surface area contributed by atoms with Crippen LogP contribution >= 0.6 is 0 Å². The molecule has 1 aromatic heterocycles. The Kier molecular flexibility index (Phi) is 6.45. The second-order valence-electron chi connectivity index (χ2n) is 15.6. The molecule has 8 aromatic carbocycles. The van der Waals surface area contributed by atoms with Crippen molar-refractivity contribution in [1.82, 2.24) is 4.57 Å². The summed E-state index contributed by atoms with van der Waals surface area (Å²) >= 11 is 0. The molecule has 0 fully saturated rings. The highest BCUT2D eigenvalue weighted by Gasteiger charge is 2.48. The van der Waals surface area contributed by atoms with Crippen LogP contribution in [0.4, 0.5) is 17.1 Å². The zero-order valence-corrected chi connectivity index (χ0v) is 31.0. The van der Waals surface area contributed by atoms with Crippen LogP contribution in [0.3, 0.4) is 0 Å². The molecule has 0 N–H and O–H groups in total. The monoisotopic (exact) mass is 718 g/mol. The molecule has 0 saturated carbocycles. The van der Waals surface area contributed by atoms with Crippen LogP contribution in [0.25, 0.3) is 38.6 Å². The third-order valence-corrected chi connectivity index (χ3v) is 12.3. The Labute approximate surface area is 325 Å². The number of hydrogen-bond acceptors (Lipinski definition) is 3. The first kappa shape index (κ1) is 31.4. The lowest BCUT2D eigenvalue weighted by molar-refractivity contribution is 0.457. The van der Waals surface area contributed by atoms with E-state index in [1.54, 1.807) is 0 Å². The molecular weight excluding hydrogens is 683 g/mol. The van der Waals surface area contributed by atoms with E-state index >= 15 is 0 Å². The largest absolute Gasteiger partial charge is 0.458 e. The Balaban J connectivity index is 1.11. The Morgan fingerprint density at radius 3 is 1.96 bits per heavy atom. The van der Waals surface area contributed by atoms with Gasteiger partial charge >= 0.3 is 0 Å². The fourth-order valence-corrected chi connectivity index (χ4v) is 9.85. The number of aromatic nitrogens is 1. The molecule has 0 spiro atoms. The van der Waals surface area contributed by atoms with Crippen LogP contribution < -0.4 is 30.8 Å². The predicted molar refractivity (Wildman–Crippen MR) is 231 cm³/mol.